The van der Waals surface area contributed by atoms with E-state index in [-0.39, 0.29) is 11.4 Å². The highest BCUT2D eigenvalue weighted by Gasteiger charge is 2.14. The van der Waals surface area contributed by atoms with Crippen LogP contribution in [0.2, 0.25) is 0 Å². The minimum absolute atomic E-state index is 0.00980. The van der Waals surface area contributed by atoms with Crippen LogP contribution in [0, 0.1) is 0 Å². The maximum Gasteiger partial charge on any atom is 0.295 e. The molecular formula is C22H16N2O3. The molecule has 4 aromatic carbocycles. The van der Waals surface area contributed by atoms with E-state index in [1.165, 1.54) is 0 Å². The number of azo groups is 1. The van der Waals surface area contributed by atoms with E-state index in [4.69, 9.17) is 4.74 Å². The minimum Gasteiger partial charge on any atom is -0.505 e. The van der Waals surface area contributed by atoms with Gasteiger partial charge in [-0.3, -0.25) is 4.79 Å². The third kappa shape index (κ3) is 3.00. The Labute approximate surface area is 155 Å². The molecule has 27 heavy (non-hydrogen) atoms. The standard InChI is InChI=1S/C22H16N2O3/c1-27-15-12-10-14(11-13-15)22(26)24-23-20-18-8-4-2-6-16(18)17-7-3-5-9-19(17)21(20)25/h2-13,25H,1H3. The topological polar surface area (TPSA) is 71.2 Å². The molecule has 0 saturated carbocycles. The Morgan fingerprint density at radius 3 is 2.00 bits per heavy atom. The van der Waals surface area contributed by atoms with Crippen molar-refractivity contribution in [3.8, 4) is 11.5 Å². The smallest absolute Gasteiger partial charge is 0.295 e. The van der Waals surface area contributed by atoms with E-state index >= 15 is 0 Å². The van der Waals surface area contributed by atoms with Crippen molar-refractivity contribution in [2.24, 2.45) is 10.2 Å². The van der Waals surface area contributed by atoms with Crippen molar-refractivity contribution in [2.75, 3.05) is 7.11 Å². The number of hydrogen-bond acceptors (Lipinski definition) is 4. The summed E-state index contributed by atoms with van der Waals surface area (Å²) in [7, 11) is 1.56. The molecule has 0 fully saturated rings. The number of phenolic OH excluding ortho intramolecular Hbond substituents is 1. The highest BCUT2D eigenvalue weighted by atomic mass is 16.5. The fourth-order valence-electron chi connectivity index (χ4n) is 3.09. The average molecular weight is 356 g/mol. The summed E-state index contributed by atoms with van der Waals surface area (Å²) in [6.45, 7) is 0. The van der Waals surface area contributed by atoms with E-state index in [1.54, 1.807) is 31.4 Å². The SMILES string of the molecule is COc1ccc(C(=O)N=Nc2c(O)c3ccccc3c3ccccc23)cc1. The van der Waals surface area contributed by atoms with Gasteiger partial charge in [0.25, 0.3) is 5.91 Å². The number of carbonyl (C=O) groups excluding carboxylic acids is 1. The molecule has 0 aliphatic heterocycles. The maximum absolute atomic E-state index is 12.3. The molecule has 0 spiro atoms. The van der Waals surface area contributed by atoms with Gasteiger partial charge in [-0.15, -0.1) is 10.2 Å². The number of phenols is 1. The van der Waals surface area contributed by atoms with Crippen LogP contribution >= 0.6 is 0 Å². The predicted molar refractivity (Wildman–Crippen MR) is 105 cm³/mol. The zero-order valence-electron chi connectivity index (χ0n) is 14.6. The lowest BCUT2D eigenvalue weighted by Crippen LogP contribution is -1.93. The van der Waals surface area contributed by atoms with Gasteiger partial charge in [0.2, 0.25) is 0 Å². The normalized spacial score (nSPS) is 11.3. The predicted octanol–water partition coefficient (Wildman–Crippen LogP) is 5.63. The summed E-state index contributed by atoms with van der Waals surface area (Å²) >= 11 is 0. The fourth-order valence-corrected chi connectivity index (χ4v) is 3.09. The van der Waals surface area contributed by atoms with Crippen LogP contribution in [0.4, 0.5) is 5.69 Å². The first-order valence-electron chi connectivity index (χ1n) is 8.41. The Morgan fingerprint density at radius 1 is 0.815 bits per heavy atom. The zero-order chi connectivity index (χ0) is 18.8. The molecule has 5 nitrogen and oxygen atoms in total. The van der Waals surface area contributed by atoms with Crippen LogP contribution in [0.15, 0.2) is 83.0 Å². The van der Waals surface area contributed by atoms with Gasteiger partial charge in [0.1, 0.15) is 11.4 Å². The summed E-state index contributed by atoms with van der Waals surface area (Å²) in [5, 5.41) is 21.9. The molecule has 4 aromatic rings. The lowest BCUT2D eigenvalue weighted by molar-refractivity contribution is 0.0995. The van der Waals surface area contributed by atoms with Crippen molar-refractivity contribution < 1.29 is 14.6 Å². The van der Waals surface area contributed by atoms with Crippen LogP contribution < -0.4 is 4.74 Å². The van der Waals surface area contributed by atoms with Crippen LogP contribution in [0.25, 0.3) is 21.5 Å². The van der Waals surface area contributed by atoms with E-state index in [9.17, 15) is 9.90 Å². The van der Waals surface area contributed by atoms with Crippen molar-refractivity contribution in [2.45, 2.75) is 0 Å². The molecule has 1 amide bonds. The molecular weight excluding hydrogens is 340 g/mol. The number of carbonyl (C=O) groups is 1. The van der Waals surface area contributed by atoms with Crippen molar-refractivity contribution in [1.29, 1.82) is 0 Å². The number of benzene rings is 4. The summed E-state index contributed by atoms with van der Waals surface area (Å²) in [6.07, 6.45) is 0. The van der Waals surface area contributed by atoms with Gasteiger partial charge in [-0.2, -0.15) is 0 Å². The lowest BCUT2D eigenvalue weighted by atomic mass is 9.99. The molecule has 0 unspecified atom stereocenters. The van der Waals surface area contributed by atoms with Gasteiger partial charge in [-0.1, -0.05) is 48.5 Å². The summed E-state index contributed by atoms with van der Waals surface area (Å²) in [4.78, 5) is 12.3. The molecule has 5 heteroatoms. The molecule has 132 valence electrons. The number of aromatic hydroxyl groups is 1. The first-order valence-corrected chi connectivity index (χ1v) is 8.41. The first kappa shape index (κ1) is 16.7. The van der Waals surface area contributed by atoms with Gasteiger partial charge in [0.05, 0.1) is 7.11 Å². The largest absolute Gasteiger partial charge is 0.505 e. The Kier molecular flexibility index (Phi) is 4.26. The second-order valence-electron chi connectivity index (χ2n) is 6.02. The van der Waals surface area contributed by atoms with E-state index in [0.29, 0.717) is 16.7 Å². The Bertz CT molecular complexity index is 1180. The minimum atomic E-state index is -0.491. The number of amides is 1. The second-order valence-corrected chi connectivity index (χ2v) is 6.02. The quantitative estimate of drug-likeness (QED) is 0.382. The molecule has 0 saturated heterocycles. The maximum atomic E-state index is 12.3. The molecule has 0 aliphatic rings. The Morgan fingerprint density at radius 2 is 1.37 bits per heavy atom. The highest BCUT2D eigenvalue weighted by molar-refractivity contribution is 6.15. The van der Waals surface area contributed by atoms with Crippen LogP contribution in [0.3, 0.4) is 0 Å². The van der Waals surface area contributed by atoms with E-state index in [2.05, 4.69) is 10.2 Å². The Hall–Kier alpha value is -3.73. The first-order chi connectivity index (χ1) is 13.2. The summed E-state index contributed by atoms with van der Waals surface area (Å²) in [6, 6.07) is 21.8. The number of hydrogen-bond donors (Lipinski definition) is 1. The van der Waals surface area contributed by atoms with Gasteiger partial charge in [-0.25, -0.2) is 0 Å². The number of nitrogens with zero attached hydrogens (tertiary/aromatic N) is 2. The van der Waals surface area contributed by atoms with Gasteiger partial charge >= 0.3 is 0 Å². The van der Waals surface area contributed by atoms with Gasteiger partial charge < -0.3 is 9.84 Å². The van der Waals surface area contributed by atoms with E-state index < -0.39 is 5.91 Å². The monoisotopic (exact) mass is 356 g/mol. The average Bonchev–Trinajstić information content (AvgIpc) is 2.73. The second kappa shape index (κ2) is 6.88. The molecule has 0 aliphatic carbocycles. The Balaban J connectivity index is 1.81. The van der Waals surface area contributed by atoms with Crippen LogP contribution in [0.1, 0.15) is 10.4 Å². The van der Waals surface area contributed by atoms with E-state index in [1.807, 2.05) is 48.5 Å². The van der Waals surface area contributed by atoms with Gasteiger partial charge in [0.15, 0.2) is 5.75 Å². The fraction of sp³-hybridized carbons (Fsp3) is 0.0455. The lowest BCUT2D eigenvalue weighted by Gasteiger charge is -2.09. The third-order valence-corrected chi connectivity index (χ3v) is 4.46. The number of fused-ring (bicyclic) bond motifs is 3. The summed E-state index contributed by atoms with van der Waals surface area (Å²) < 4.78 is 5.08. The number of methoxy groups -OCH3 is 1. The number of rotatable bonds is 3. The molecule has 0 radical (unpaired) electrons. The van der Waals surface area contributed by atoms with Gasteiger partial charge in [0, 0.05) is 16.3 Å². The van der Waals surface area contributed by atoms with Crippen LogP contribution in [-0.4, -0.2) is 18.1 Å². The molecule has 0 heterocycles. The molecule has 0 aromatic heterocycles. The third-order valence-electron chi connectivity index (χ3n) is 4.46. The highest BCUT2D eigenvalue weighted by Crippen LogP contribution is 2.42. The molecule has 4 rings (SSSR count). The molecule has 0 atom stereocenters. The van der Waals surface area contributed by atoms with Crippen LogP contribution in [0.5, 0.6) is 11.5 Å². The van der Waals surface area contributed by atoms with Crippen molar-refractivity contribution in [3.05, 3.63) is 78.4 Å². The van der Waals surface area contributed by atoms with Gasteiger partial charge in [-0.05, 0) is 35.0 Å². The van der Waals surface area contributed by atoms with Crippen molar-refractivity contribution >= 4 is 33.1 Å². The summed E-state index contributed by atoms with van der Waals surface area (Å²) in [5.74, 6) is 0.173. The summed E-state index contributed by atoms with van der Waals surface area (Å²) in [5.41, 5.74) is 0.676. The van der Waals surface area contributed by atoms with E-state index in [0.717, 1.165) is 16.2 Å². The number of ether oxygens (including phenoxy) is 1. The van der Waals surface area contributed by atoms with Crippen LogP contribution in [-0.2, 0) is 0 Å². The zero-order valence-corrected chi connectivity index (χ0v) is 14.6. The molecule has 0 bridgehead atoms. The molecule has 1 N–H and O–H groups in total. The van der Waals surface area contributed by atoms with Crippen molar-refractivity contribution in [1.82, 2.24) is 0 Å². The van der Waals surface area contributed by atoms with Crippen molar-refractivity contribution in [3.63, 3.8) is 0 Å².